The highest BCUT2D eigenvalue weighted by molar-refractivity contribution is 5.94. The van der Waals surface area contributed by atoms with Crippen LogP contribution in [0.3, 0.4) is 0 Å². The van der Waals surface area contributed by atoms with Crippen molar-refractivity contribution in [3.05, 3.63) is 29.3 Å². The van der Waals surface area contributed by atoms with Crippen LogP contribution in [-0.4, -0.2) is 19.6 Å². The topological polar surface area (TPSA) is 62.1 Å². The second-order valence-corrected chi connectivity index (χ2v) is 3.92. The maximum atomic E-state index is 11.8. The van der Waals surface area contributed by atoms with E-state index in [1.54, 1.807) is 26.2 Å². The average Bonchev–Trinajstić information content (AvgIpc) is 2.35. The van der Waals surface area contributed by atoms with Gasteiger partial charge in [-0.2, -0.15) is 5.26 Å². The molecule has 4 nitrogen and oxygen atoms in total. The molecule has 0 radical (unpaired) electrons. The minimum absolute atomic E-state index is 0.189. The van der Waals surface area contributed by atoms with Crippen LogP contribution in [-0.2, 0) is 0 Å². The zero-order valence-electron chi connectivity index (χ0n) is 10.3. The summed E-state index contributed by atoms with van der Waals surface area (Å²) in [6.45, 7) is 4.03. The lowest BCUT2D eigenvalue weighted by atomic mass is 10.1. The predicted molar refractivity (Wildman–Crippen MR) is 64.8 cm³/mol. The fourth-order valence-corrected chi connectivity index (χ4v) is 1.35. The van der Waals surface area contributed by atoms with E-state index < -0.39 is 0 Å². The van der Waals surface area contributed by atoms with Gasteiger partial charge in [0.05, 0.1) is 19.1 Å². The fourth-order valence-electron chi connectivity index (χ4n) is 1.35. The second-order valence-electron chi connectivity index (χ2n) is 3.92. The minimum Gasteiger partial charge on any atom is -0.496 e. The number of nitrogens with one attached hydrogen (secondary N) is 1. The van der Waals surface area contributed by atoms with E-state index in [0.29, 0.717) is 17.9 Å². The molecule has 0 spiro atoms. The number of carbonyl (C=O) groups is 1. The van der Waals surface area contributed by atoms with E-state index in [-0.39, 0.29) is 11.8 Å². The van der Waals surface area contributed by atoms with Crippen molar-refractivity contribution in [2.75, 3.05) is 13.7 Å². The Balaban J connectivity index is 2.73. The Morgan fingerprint density at radius 1 is 1.59 bits per heavy atom. The lowest BCUT2D eigenvalue weighted by Gasteiger charge is -2.09. The lowest BCUT2D eigenvalue weighted by molar-refractivity contribution is 0.0950. The number of nitriles is 1. The lowest BCUT2D eigenvalue weighted by Crippen LogP contribution is -2.27. The van der Waals surface area contributed by atoms with Crippen LogP contribution in [0.15, 0.2) is 18.2 Å². The van der Waals surface area contributed by atoms with Gasteiger partial charge in [-0.25, -0.2) is 0 Å². The van der Waals surface area contributed by atoms with Gasteiger partial charge in [0.1, 0.15) is 5.75 Å². The van der Waals surface area contributed by atoms with Crippen LogP contribution in [0.2, 0.25) is 0 Å². The Morgan fingerprint density at radius 3 is 2.88 bits per heavy atom. The molecule has 0 bridgehead atoms. The maximum Gasteiger partial charge on any atom is 0.251 e. The number of nitrogens with zero attached hydrogens (tertiary/aromatic N) is 1. The number of hydrogen-bond acceptors (Lipinski definition) is 3. The Morgan fingerprint density at radius 2 is 2.29 bits per heavy atom. The molecule has 0 saturated heterocycles. The molecule has 17 heavy (non-hydrogen) atoms. The Kier molecular flexibility index (Phi) is 4.53. The molecule has 1 rings (SSSR count). The van der Waals surface area contributed by atoms with Crippen molar-refractivity contribution < 1.29 is 9.53 Å². The van der Waals surface area contributed by atoms with Crippen LogP contribution >= 0.6 is 0 Å². The van der Waals surface area contributed by atoms with E-state index in [1.807, 2.05) is 13.0 Å². The fraction of sp³-hybridized carbons (Fsp3) is 0.385. The van der Waals surface area contributed by atoms with E-state index in [2.05, 4.69) is 11.4 Å². The van der Waals surface area contributed by atoms with E-state index in [9.17, 15) is 4.79 Å². The standard InChI is InChI=1S/C13H16N2O2/c1-9(7-14)8-15-13(16)11-5-4-10(2)12(6-11)17-3/h4-6,9H,8H2,1-3H3,(H,15,16). The van der Waals surface area contributed by atoms with Crippen molar-refractivity contribution >= 4 is 5.91 Å². The summed E-state index contributed by atoms with van der Waals surface area (Å²) in [5.74, 6) is 0.308. The molecule has 90 valence electrons. The number of methoxy groups -OCH3 is 1. The van der Waals surface area contributed by atoms with Gasteiger partial charge in [0, 0.05) is 12.1 Å². The summed E-state index contributed by atoms with van der Waals surface area (Å²) < 4.78 is 5.15. The molecule has 0 fully saturated rings. The number of aryl methyl sites for hydroxylation is 1. The van der Waals surface area contributed by atoms with Crippen LogP contribution in [0.25, 0.3) is 0 Å². The molecule has 0 aliphatic heterocycles. The number of hydrogen-bond donors (Lipinski definition) is 1. The van der Waals surface area contributed by atoms with Crippen LogP contribution in [0.5, 0.6) is 5.75 Å². The van der Waals surface area contributed by atoms with Gasteiger partial charge < -0.3 is 10.1 Å². The van der Waals surface area contributed by atoms with Crippen LogP contribution in [0.4, 0.5) is 0 Å². The number of rotatable bonds is 4. The normalized spacial score (nSPS) is 11.4. The molecule has 0 aliphatic carbocycles. The molecule has 0 saturated carbocycles. The first-order chi connectivity index (χ1) is 8.08. The Bertz CT molecular complexity index is 449. The molecule has 1 aromatic carbocycles. The molecule has 1 N–H and O–H groups in total. The predicted octanol–water partition coefficient (Wildman–Crippen LogP) is 1.89. The molecule has 1 amide bonds. The zero-order chi connectivity index (χ0) is 12.8. The molecule has 1 unspecified atom stereocenters. The monoisotopic (exact) mass is 232 g/mol. The molecule has 0 aromatic heterocycles. The first kappa shape index (κ1) is 13.0. The summed E-state index contributed by atoms with van der Waals surface area (Å²) in [6, 6.07) is 7.34. The Hall–Kier alpha value is -2.02. The number of benzene rings is 1. The van der Waals surface area contributed by atoms with Gasteiger partial charge in [-0.15, -0.1) is 0 Å². The highest BCUT2D eigenvalue weighted by atomic mass is 16.5. The van der Waals surface area contributed by atoms with Gasteiger partial charge in [0.25, 0.3) is 5.91 Å². The van der Waals surface area contributed by atoms with Crippen LogP contribution in [0.1, 0.15) is 22.8 Å². The van der Waals surface area contributed by atoms with Crippen molar-refractivity contribution in [1.29, 1.82) is 5.26 Å². The highest BCUT2D eigenvalue weighted by Crippen LogP contribution is 2.18. The number of amides is 1. The molecule has 1 atom stereocenters. The van der Waals surface area contributed by atoms with E-state index in [0.717, 1.165) is 5.56 Å². The summed E-state index contributed by atoms with van der Waals surface area (Å²) in [4.78, 5) is 11.8. The zero-order valence-corrected chi connectivity index (χ0v) is 10.3. The molecule has 0 aliphatic rings. The maximum absolute atomic E-state index is 11.8. The first-order valence-electron chi connectivity index (χ1n) is 5.41. The summed E-state index contributed by atoms with van der Waals surface area (Å²) in [5, 5.41) is 11.3. The molecular weight excluding hydrogens is 216 g/mol. The summed E-state index contributed by atoms with van der Waals surface area (Å²) in [6.07, 6.45) is 0. The summed E-state index contributed by atoms with van der Waals surface area (Å²) in [5.41, 5.74) is 1.52. The van der Waals surface area contributed by atoms with Gasteiger partial charge >= 0.3 is 0 Å². The quantitative estimate of drug-likeness (QED) is 0.862. The average molecular weight is 232 g/mol. The molecular formula is C13H16N2O2. The molecule has 0 heterocycles. The highest BCUT2D eigenvalue weighted by Gasteiger charge is 2.09. The van der Waals surface area contributed by atoms with E-state index >= 15 is 0 Å². The number of carbonyl (C=O) groups excluding carboxylic acids is 1. The van der Waals surface area contributed by atoms with Crippen molar-refractivity contribution in [1.82, 2.24) is 5.32 Å². The number of ether oxygens (including phenoxy) is 1. The molecule has 4 heteroatoms. The second kappa shape index (κ2) is 5.90. The van der Waals surface area contributed by atoms with Crippen LogP contribution < -0.4 is 10.1 Å². The van der Waals surface area contributed by atoms with Crippen molar-refractivity contribution in [2.24, 2.45) is 5.92 Å². The van der Waals surface area contributed by atoms with Crippen molar-refractivity contribution in [2.45, 2.75) is 13.8 Å². The third-order valence-electron chi connectivity index (χ3n) is 2.46. The van der Waals surface area contributed by atoms with Gasteiger partial charge in [0.15, 0.2) is 0 Å². The van der Waals surface area contributed by atoms with Gasteiger partial charge in [-0.3, -0.25) is 4.79 Å². The first-order valence-corrected chi connectivity index (χ1v) is 5.41. The summed E-state index contributed by atoms with van der Waals surface area (Å²) >= 11 is 0. The largest absolute Gasteiger partial charge is 0.496 e. The third-order valence-corrected chi connectivity index (χ3v) is 2.46. The van der Waals surface area contributed by atoms with Crippen LogP contribution in [0, 0.1) is 24.2 Å². The van der Waals surface area contributed by atoms with Gasteiger partial charge in [-0.05, 0) is 31.5 Å². The Labute approximate surface area is 101 Å². The van der Waals surface area contributed by atoms with E-state index in [4.69, 9.17) is 10.00 Å². The van der Waals surface area contributed by atoms with Crippen molar-refractivity contribution in [3.8, 4) is 11.8 Å². The third kappa shape index (κ3) is 3.49. The SMILES string of the molecule is COc1cc(C(=O)NCC(C)C#N)ccc1C. The summed E-state index contributed by atoms with van der Waals surface area (Å²) in [7, 11) is 1.57. The molecule has 1 aromatic rings. The van der Waals surface area contributed by atoms with Gasteiger partial charge in [-0.1, -0.05) is 6.07 Å². The minimum atomic E-state index is -0.189. The van der Waals surface area contributed by atoms with E-state index in [1.165, 1.54) is 0 Å². The smallest absolute Gasteiger partial charge is 0.251 e. The van der Waals surface area contributed by atoms with Crippen molar-refractivity contribution in [3.63, 3.8) is 0 Å². The van der Waals surface area contributed by atoms with Gasteiger partial charge in [0.2, 0.25) is 0 Å².